The Balaban J connectivity index is 1.69. The van der Waals surface area contributed by atoms with Crippen molar-refractivity contribution in [2.45, 2.75) is 11.8 Å². The Hall–Kier alpha value is -4.03. The van der Waals surface area contributed by atoms with Gasteiger partial charge in [-0.1, -0.05) is 18.2 Å². The van der Waals surface area contributed by atoms with Crippen molar-refractivity contribution in [1.82, 2.24) is 9.97 Å². The van der Waals surface area contributed by atoms with Crippen LogP contribution in [0.4, 0.5) is 5.69 Å². The molecule has 2 aromatic carbocycles. The van der Waals surface area contributed by atoms with E-state index in [9.17, 15) is 13.2 Å². The number of pyridine rings is 1. The average molecular weight is 432 g/mol. The Morgan fingerprint density at radius 1 is 1.16 bits per heavy atom. The first-order valence-corrected chi connectivity index (χ1v) is 11.0. The fourth-order valence-electron chi connectivity index (χ4n) is 3.11. The number of rotatable bonds is 4. The van der Waals surface area contributed by atoms with Crippen LogP contribution >= 0.6 is 0 Å². The van der Waals surface area contributed by atoms with Crippen molar-refractivity contribution in [2.75, 3.05) is 11.6 Å². The molecule has 0 aliphatic rings. The minimum absolute atomic E-state index is 0.0626. The normalized spacial score (nSPS) is 11.3. The van der Waals surface area contributed by atoms with Crippen molar-refractivity contribution in [3.63, 3.8) is 0 Å². The predicted octanol–water partition coefficient (Wildman–Crippen LogP) is 3.73. The summed E-state index contributed by atoms with van der Waals surface area (Å²) in [5.74, 6) is -0.218. The Labute approximate surface area is 178 Å². The quantitative estimate of drug-likeness (QED) is 0.521. The summed E-state index contributed by atoms with van der Waals surface area (Å²) in [6, 6.07) is 15.6. The lowest BCUT2D eigenvalue weighted by Crippen LogP contribution is -2.17. The number of hydrogen-bond donors (Lipinski definition) is 1. The number of hydrogen-bond acceptors (Lipinski definition) is 7. The molecule has 2 heterocycles. The number of amides is 1. The fourth-order valence-corrected chi connectivity index (χ4v) is 3.90. The monoisotopic (exact) mass is 432 g/mol. The highest BCUT2D eigenvalue weighted by atomic mass is 32.2. The molecule has 31 heavy (non-hydrogen) atoms. The van der Waals surface area contributed by atoms with Gasteiger partial charge in [0.15, 0.2) is 15.4 Å². The lowest BCUT2D eigenvalue weighted by Gasteiger charge is -2.09. The van der Waals surface area contributed by atoms with Crippen LogP contribution in [0.2, 0.25) is 0 Å². The summed E-state index contributed by atoms with van der Waals surface area (Å²) in [5, 5.41) is 11.7. The molecular weight excluding hydrogens is 416 g/mol. The van der Waals surface area contributed by atoms with Crippen molar-refractivity contribution in [3.8, 4) is 17.5 Å². The van der Waals surface area contributed by atoms with Crippen molar-refractivity contribution >= 4 is 32.5 Å². The highest BCUT2D eigenvalue weighted by Crippen LogP contribution is 2.28. The fraction of sp³-hybridized carbons (Fsp3) is 0.0909. The Morgan fingerprint density at radius 3 is 2.65 bits per heavy atom. The molecule has 1 amide bonds. The van der Waals surface area contributed by atoms with E-state index in [1.165, 1.54) is 0 Å². The summed E-state index contributed by atoms with van der Waals surface area (Å²) in [6.07, 6.45) is 1.99. The number of nitriles is 1. The number of aryl methyl sites for hydroxylation is 1. The molecule has 8 nitrogen and oxygen atoms in total. The van der Waals surface area contributed by atoms with Crippen LogP contribution in [0.3, 0.4) is 0 Å². The van der Waals surface area contributed by atoms with Crippen LogP contribution in [0.1, 0.15) is 21.6 Å². The maximum absolute atomic E-state index is 12.8. The molecule has 0 aliphatic heterocycles. The number of nitrogens with one attached hydrogen (secondary N) is 1. The minimum atomic E-state index is -3.72. The van der Waals surface area contributed by atoms with E-state index in [1.807, 2.05) is 31.2 Å². The van der Waals surface area contributed by atoms with Gasteiger partial charge in [-0.25, -0.2) is 18.4 Å². The molecular formula is C22H16N4O4S. The summed E-state index contributed by atoms with van der Waals surface area (Å²) < 4.78 is 29.9. The zero-order valence-electron chi connectivity index (χ0n) is 16.6. The van der Waals surface area contributed by atoms with Gasteiger partial charge < -0.3 is 9.73 Å². The van der Waals surface area contributed by atoms with Gasteiger partial charge in [0.25, 0.3) is 5.91 Å². The van der Waals surface area contributed by atoms with Crippen molar-refractivity contribution < 1.29 is 17.6 Å². The maximum Gasteiger partial charge on any atom is 0.257 e. The topological polar surface area (TPSA) is 126 Å². The second-order valence-electron chi connectivity index (χ2n) is 6.92. The third-order valence-electron chi connectivity index (χ3n) is 4.65. The van der Waals surface area contributed by atoms with E-state index in [-0.39, 0.29) is 16.2 Å². The SMILES string of the molecule is Cc1ccccc1-c1nc2cc(NC(=O)c3cc(C#N)ncc3S(C)(=O)=O)ccc2o1. The van der Waals surface area contributed by atoms with Crippen LogP contribution in [-0.2, 0) is 9.84 Å². The first kappa shape index (κ1) is 20.3. The molecule has 1 N–H and O–H groups in total. The van der Waals surface area contributed by atoms with Crippen LogP contribution in [0, 0.1) is 18.3 Å². The molecule has 0 aliphatic carbocycles. The second-order valence-corrected chi connectivity index (χ2v) is 8.90. The zero-order chi connectivity index (χ0) is 22.2. The van der Waals surface area contributed by atoms with E-state index in [0.29, 0.717) is 22.7 Å². The average Bonchev–Trinajstić information content (AvgIpc) is 3.16. The van der Waals surface area contributed by atoms with E-state index in [2.05, 4.69) is 15.3 Å². The lowest BCUT2D eigenvalue weighted by molar-refractivity contribution is 0.102. The van der Waals surface area contributed by atoms with Gasteiger partial charge in [0.1, 0.15) is 17.3 Å². The summed E-state index contributed by atoms with van der Waals surface area (Å²) in [4.78, 5) is 20.8. The number of benzene rings is 2. The van der Waals surface area contributed by atoms with Gasteiger partial charge in [-0.3, -0.25) is 4.79 Å². The third-order valence-corrected chi connectivity index (χ3v) is 5.77. The molecule has 0 atom stereocenters. The lowest BCUT2D eigenvalue weighted by atomic mass is 10.1. The largest absolute Gasteiger partial charge is 0.436 e. The van der Waals surface area contributed by atoms with Crippen molar-refractivity contribution in [2.24, 2.45) is 0 Å². The number of carbonyl (C=O) groups is 1. The molecule has 0 unspecified atom stereocenters. The summed E-state index contributed by atoms with van der Waals surface area (Å²) in [6.45, 7) is 1.96. The van der Waals surface area contributed by atoms with Crippen LogP contribution in [0.25, 0.3) is 22.6 Å². The molecule has 4 aromatic rings. The molecule has 4 rings (SSSR count). The van der Waals surface area contributed by atoms with Gasteiger partial charge in [0.05, 0.1) is 10.5 Å². The first-order valence-electron chi connectivity index (χ1n) is 9.14. The molecule has 9 heteroatoms. The van der Waals surface area contributed by atoms with E-state index in [1.54, 1.807) is 24.3 Å². The molecule has 0 saturated heterocycles. The summed E-state index contributed by atoms with van der Waals surface area (Å²) in [7, 11) is -3.72. The molecule has 0 fully saturated rings. The Bertz CT molecular complexity index is 1480. The number of carbonyl (C=O) groups excluding carboxylic acids is 1. The number of nitrogens with zero attached hydrogens (tertiary/aromatic N) is 3. The van der Waals surface area contributed by atoms with Crippen molar-refractivity contribution in [3.05, 3.63) is 71.5 Å². The van der Waals surface area contributed by atoms with Crippen molar-refractivity contribution in [1.29, 1.82) is 5.26 Å². The van der Waals surface area contributed by atoms with Crippen LogP contribution in [0.15, 0.2) is 64.0 Å². The van der Waals surface area contributed by atoms with Gasteiger partial charge in [-0.05, 0) is 42.8 Å². The van der Waals surface area contributed by atoms with Gasteiger partial charge >= 0.3 is 0 Å². The van der Waals surface area contributed by atoms with Gasteiger partial charge in [-0.15, -0.1) is 0 Å². The molecule has 0 radical (unpaired) electrons. The van der Waals surface area contributed by atoms with Crippen LogP contribution < -0.4 is 5.32 Å². The zero-order valence-corrected chi connectivity index (χ0v) is 17.4. The number of fused-ring (bicyclic) bond motifs is 1. The van der Waals surface area contributed by atoms with Gasteiger partial charge in [0.2, 0.25) is 5.89 Å². The highest BCUT2D eigenvalue weighted by molar-refractivity contribution is 7.90. The molecule has 0 bridgehead atoms. The highest BCUT2D eigenvalue weighted by Gasteiger charge is 2.21. The summed E-state index contributed by atoms with van der Waals surface area (Å²) in [5.41, 5.74) is 3.14. The first-order chi connectivity index (χ1) is 14.8. The second kappa shape index (κ2) is 7.66. The Kier molecular flexibility index (Phi) is 5.01. The number of anilines is 1. The van der Waals surface area contributed by atoms with Gasteiger partial charge in [0, 0.05) is 23.7 Å². The van der Waals surface area contributed by atoms with Crippen LogP contribution in [-0.4, -0.2) is 30.5 Å². The van der Waals surface area contributed by atoms with Gasteiger partial charge in [-0.2, -0.15) is 5.26 Å². The summed E-state index contributed by atoms with van der Waals surface area (Å²) >= 11 is 0. The van der Waals surface area contributed by atoms with E-state index in [0.717, 1.165) is 29.6 Å². The number of aromatic nitrogens is 2. The van der Waals surface area contributed by atoms with E-state index >= 15 is 0 Å². The Morgan fingerprint density at radius 2 is 1.94 bits per heavy atom. The molecule has 0 spiro atoms. The molecule has 2 aromatic heterocycles. The molecule has 0 saturated carbocycles. The number of oxazole rings is 1. The number of sulfone groups is 1. The van der Waals surface area contributed by atoms with Crippen LogP contribution in [0.5, 0.6) is 0 Å². The smallest absolute Gasteiger partial charge is 0.257 e. The molecule has 154 valence electrons. The van der Waals surface area contributed by atoms with E-state index < -0.39 is 15.7 Å². The predicted molar refractivity (Wildman–Crippen MR) is 114 cm³/mol. The standard InChI is InChI=1S/C22H16N4O4S/c1-13-5-3-4-6-16(13)22-26-18-10-14(7-8-19(18)30-22)25-21(27)17-9-15(11-23)24-12-20(17)31(2,28)29/h3-10,12H,1-2H3,(H,25,27). The van der Waals surface area contributed by atoms with E-state index in [4.69, 9.17) is 9.68 Å². The third kappa shape index (κ3) is 4.01. The minimum Gasteiger partial charge on any atom is -0.436 e. The maximum atomic E-state index is 12.8.